The van der Waals surface area contributed by atoms with Crippen molar-refractivity contribution in [1.29, 1.82) is 0 Å². The van der Waals surface area contributed by atoms with Crippen molar-refractivity contribution in [2.24, 2.45) is 11.1 Å². The number of aryl methyl sites for hydroxylation is 1. The molecule has 0 saturated carbocycles. The lowest BCUT2D eigenvalue weighted by atomic mass is 9.93. The summed E-state index contributed by atoms with van der Waals surface area (Å²) in [6.07, 6.45) is 0. The lowest BCUT2D eigenvalue weighted by Gasteiger charge is -2.28. The van der Waals surface area contributed by atoms with Crippen LogP contribution in [-0.2, 0) is 0 Å². The molecule has 0 fully saturated rings. The number of rotatable bonds is 6. The average Bonchev–Trinajstić information content (AvgIpc) is 2.24. The summed E-state index contributed by atoms with van der Waals surface area (Å²) in [5.74, 6) is 0.578. The highest BCUT2D eigenvalue weighted by Gasteiger charge is 2.19. The van der Waals surface area contributed by atoms with Gasteiger partial charge >= 0.3 is 0 Å². The SMILES string of the molecule is Cc1cc(C(N)=S)nc(NCC(C)(C)CN(C)C)n1. The van der Waals surface area contributed by atoms with Gasteiger partial charge < -0.3 is 16.0 Å². The van der Waals surface area contributed by atoms with Gasteiger partial charge in [0.25, 0.3) is 0 Å². The summed E-state index contributed by atoms with van der Waals surface area (Å²) in [4.78, 5) is 11.1. The maximum Gasteiger partial charge on any atom is 0.223 e. The first-order chi connectivity index (χ1) is 8.69. The number of nitrogens with one attached hydrogen (secondary N) is 1. The Morgan fingerprint density at radius 2 is 2.05 bits per heavy atom. The van der Waals surface area contributed by atoms with Crippen molar-refractivity contribution in [3.05, 3.63) is 17.5 Å². The third-order valence-corrected chi connectivity index (χ3v) is 2.79. The van der Waals surface area contributed by atoms with Gasteiger partial charge in [-0.25, -0.2) is 9.97 Å². The van der Waals surface area contributed by atoms with Crippen LogP contribution < -0.4 is 11.1 Å². The Labute approximate surface area is 120 Å². The largest absolute Gasteiger partial charge is 0.388 e. The monoisotopic (exact) mass is 281 g/mol. The average molecular weight is 281 g/mol. The van der Waals surface area contributed by atoms with Crippen LogP contribution in [0, 0.1) is 12.3 Å². The van der Waals surface area contributed by atoms with E-state index in [-0.39, 0.29) is 5.41 Å². The van der Waals surface area contributed by atoms with Crippen LogP contribution in [0.1, 0.15) is 25.2 Å². The first kappa shape index (κ1) is 15.8. The van der Waals surface area contributed by atoms with Crippen molar-refractivity contribution in [3.8, 4) is 0 Å². The van der Waals surface area contributed by atoms with Crippen LogP contribution in [0.2, 0.25) is 0 Å². The molecule has 0 aromatic carbocycles. The van der Waals surface area contributed by atoms with E-state index in [1.165, 1.54) is 0 Å². The highest BCUT2D eigenvalue weighted by Crippen LogP contribution is 2.16. The number of thiocarbonyl (C=S) groups is 1. The Bertz CT molecular complexity index is 456. The van der Waals surface area contributed by atoms with Crippen molar-refractivity contribution in [2.75, 3.05) is 32.5 Å². The zero-order chi connectivity index (χ0) is 14.6. The molecule has 0 aliphatic heterocycles. The van der Waals surface area contributed by atoms with Crippen molar-refractivity contribution < 1.29 is 0 Å². The van der Waals surface area contributed by atoms with Gasteiger partial charge in [-0.1, -0.05) is 26.1 Å². The molecule has 0 atom stereocenters. The number of hydrogen-bond donors (Lipinski definition) is 2. The van der Waals surface area contributed by atoms with Gasteiger partial charge in [-0.15, -0.1) is 0 Å². The molecule has 0 aliphatic rings. The van der Waals surface area contributed by atoms with Crippen molar-refractivity contribution in [3.63, 3.8) is 0 Å². The van der Waals surface area contributed by atoms with Crippen molar-refractivity contribution in [1.82, 2.24) is 14.9 Å². The fourth-order valence-corrected chi connectivity index (χ4v) is 2.11. The molecule has 3 N–H and O–H groups in total. The van der Waals surface area contributed by atoms with Gasteiger partial charge in [0, 0.05) is 18.8 Å². The number of nitrogens with zero attached hydrogens (tertiary/aromatic N) is 3. The second-order valence-electron chi connectivity index (χ2n) is 5.84. The molecule has 0 aliphatic carbocycles. The molecule has 106 valence electrons. The van der Waals surface area contributed by atoms with Crippen LogP contribution in [-0.4, -0.2) is 47.0 Å². The highest BCUT2D eigenvalue weighted by molar-refractivity contribution is 7.80. The van der Waals surface area contributed by atoms with Gasteiger partial charge in [0.05, 0.1) is 0 Å². The number of aromatic nitrogens is 2. The fourth-order valence-electron chi connectivity index (χ4n) is 2.00. The normalized spacial score (nSPS) is 11.7. The third-order valence-electron chi connectivity index (χ3n) is 2.58. The van der Waals surface area contributed by atoms with E-state index in [1.54, 1.807) is 6.07 Å². The van der Waals surface area contributed by atoms with Gasteiger partial charge in [0.1, 0.15) is 10.7 Å². The molecular weight excluding hydrogens is 258 g/mol. The smallest absolute Gasteiger partial charge is 0.223 e. The maximum absolute atomic E-state index is 5.61. The Morgan fingerprint density at radius 3 is 2.58 bits per heavy atom. The minimum absolute atomic E-state index is 0.125. The Balaban J connectivity index is 2.75. The highest BCUT2D eigenvalue weighted by atomic mass is 32.1. The van der Waals surface area contributed by atoms with Gasteiger partial charge in [-0.05, 0) is 32.5 Å². The van der Waals surface area contributed by atoms with E-state index in [9.17, 15) is 0 Å². The Kier molecular flexibility index (Phi) is 5.20. The molecule has 1 rings (SSSR count). The molecular formula is C13H23N5S. The van der Waals surface area contributed by atoms with E-state index < -0.39 is 0 Å². The number of nitrogens with two attached hydrogens (primary N) is 1. The van der Waals surface area contributed by atoms with E-state index in [1.807, 2.05) is 6.92 Å². The van der Waals surface area contributed by atoms with Crippen LogP contribution in [0.25, 0.3) is 0 Å². The van der Waals surface area contributed by atoms with Crippen molar-refractivity contribution in [2.45, 2.75) is 20.8 Å². The van der Waals surface area contributed by atoms with Gasteiger partial charge in [-0.2, -0.15) is 0 Å². The van der Waals surface area contributed by atoms with Gasteiger partial charge in [0.15, 0.2) is 0 Å². The van der Waals surface area contributed by atoms with Crippen molar-refractivity contribution >= 4 is 23.2 Å². The molecule has 1 heterocycles. The number of anilines is 1. The first-order valence-electron chi connectivity index (χ1n) is 6.24. The molecule has 0 spiro atoms. The van der Waals surface area contributed by atoms with E-state index in [0.29, 0.717) is 16.6 Å². The van der Waals surface area contributed by atoms with Crippen LogP contribution in [0.15, 0.2) is 6.07 Å². The summed E-state index contributed by atoms with van der Waals surface area (Å²) in [7, 11) is 4.13. The van der Waals surface area contributed by atoms with Gasteiger partial charge in [0.2, 0.25) is 5.95 Å². The molecule has 1 aromatic heterocycles. The zero-order valence-corrected chi connectivity index (χ0v) is 13.1. The molecule has 19 heavy (non-hydrogen) atoms. The third kappa shape index (κ3) is 5.48. The van der Waals surface area contributed by atoms with Crippen LogP contribution in [0.5, 0.6) is 0 Å². The summed E-state index contributed by atoms with van der Waals surface area (Å²) in [5.41, 5.74) is 7.19. The molecule has 5 nitrogen and oxygen atoms in total. The summed E-state index contributed by atoms with van der Waals surface area (Å²) in [6, 6.07) is 1.79. The second-order valence-corrected chi connectivity index (χ2v) is 6.28. The Morgan fingerprint density at radius 1 is 1.42 bits per heavy atom. The molecule has 0 saturated heterocycles. The van der Waals surface area contributed by atoms with Crippen LogP contribution >= 0.6 is 12.2 Å². The van der Waals surface area contributed by atoms with E-state index in [2.05, 4.69) is 48.1 Å². The topological polar surface area (TPSA) is 67.1 Å². The van der Waals surface area contributed by atoms with E-state index in [4.69, 9.17) is 18.0 Å². The molecule has 0 unspecified atom stereocenters. The molecule has 0 amide bonds. The standard InChI is InChI=1S/C13H23N5S/c1-9-6-10(11(14)19)17-12(16-9)15-7-13(2,3)8-18(4)5/h6H,7-8H2,1-5H3,(H2,14,19)(H,15,16,17). The zero-order valence-electron chi connectivity index (χ0n) is 12.3. The summed E-state index contributed by atoms with van der Waals surface area (Å²) in [6.45, 7) is 8.06. The van der Waals surface area contributed by atoms with E-state index in [0.717, 1.165) is 18.8 Å². The summed E-state index contributed by atoms with van der Waals surface area (Å²) >= 11 is 4.95. The molecule has 6 heteroatoms. The molecule has 1 aromatic rings. The molecule has 0 radical (unpaired) electrons. The fraction of sp³-hybridized carbons (Fsp3) is 0.615. The first-order valence-corrected chi connectivity index (χ1v) is 6.64. The predicted molar refractivity (Wildman–Crippen MR) is 83.5 cm³/mol. The minimum Gasteiger partial charge on any atom is -0.388 e. The Hall–Kier alpha value is -1.27. The van der Waals surface area contributed by atoms with Gasteiger partial charge in [-0.3, -0.25) is 0 Å². The van der Waals surface area contributed by atoms with Crippen LogP contribution in [0.3, 0.4) is 0 Å². The quantitative estimate of drug-likeness (QED) is 0.769. The number of hydrogen-bond acceptors (Lipinski definition) is 5. The lowest BCUT2D eigenvalue weighted by molar-refractivity contribution is 0.254. The maximum atomic E-state index is 5.61. The second kappa shape index (κ2) is 6.25. The lowest BCUT2D eigenvalue weighted by Crippen LogP contribution is -2.34. The summed E-state index contributed by atoms with van der Waals surface area (Å²) < 4.78 is 0. The summed E-state index contributed by atoms with van der Waals surface area (Å²) in [5, 5.41) is 3.26. The van der Waals surface area contributed by atoms with E-state index >= 15 is 0 Å². The minimum atomic E-state index is 0.125. The predicted octanol–water partition coefficient (Wildman–Crippen LogP) is 1.42. The molecule has 0 bridgehead atoms. The van der Waals surface area contributed by atoms with Crippen LogP contribution in [0.4, 0.5) is 5.95 Å².